The van der Waals surface area contributed by atoms with Crippen molar-refractivity contribution in [2.75, 3.05) is 32.1 Å². The van der Waals surface area contributed by atoms with E-state index in [2.05, 4.69) is 49.9 Å². The molecule has 0 unspecified atom stereocenters. The lowest BCUT2D eigenvalue weighted by atomic mass is 9.82. The molecule has 0 aliphatic carbocycles. The number of hydrogen-bond acceptors (Lipinski definition) is 2. The van der Waals surface area contributed by atoms with Crippen LogP contribution in [-0.2, 0) is 0 Å². The van der Waals surface area contributed by atoms with Crippen LogP contribution in [0.2, 0.25) is 5.02 Å². The monoisotopic (exact) mass is 280 g/mol. The van der Waals surface area contributed by atoms with Crippen molar-refractivity contribution in [1.29, 1.82) is 0 Å². The van der Waals surface area contributed by atoms with Gasteiger partial charge in [0.25, 0.3) is 0 Å². The first-order valence-corrected chi connectivity index (χ1v) is 7.53. The fourth-order valence-electron chi connectivity index (χ4n) is 3.16. The molecule has 0 aromatic heterocycles. The van der Waals surface area contributed by atoms with Gasteiger partial charge in [-0.15, -0.1) is 0 Å². The molecule has 2 rings (SSSR count). The molecule has 1 aromatic carbocycles. The second kappa shape index (κ2) is 6.15. The van der Waals surface area contributed by atoms with E-state index >= 15 is 0 Å². The standard InChI is InChI=1S/C16H25ClN2/c1-12(2)15-9-10-19(11-16(15)18(3)4)14-7-5-13(17)6-8-14/h5-8,12,15-16H,9-11H2,1-4H3/t15-,16-/m1/s1. The Hall–Kier alpha value is -0.730. The summed E-state index contributed by atoms with van der Waals surface area (Å²) < 4.78 is 0. The molecule has 1 heterocycles. The van der Waals surface area contributed by atoms with E-state index in [1.54, 1.807) is 0 Å². The third kappa shape index (κ3) is 3.43. The van der Waals surface area contributed by atoms with Gasteiger partial charge in [0.2, 0.25) is 0 Å². The van der Waals surface area contributed by atoms with Crippen molar-refractivity contribution in [1.82, 2.24) is 4.90 Å². The number of nitrogens with zero attached hydrogens (tertiary/aromatic N) is 2. The van der Waals surface area contributed by atoms with Crippen LogP contribution in [0.15, 0.2) is 24.3 Å². The van der Waals surface area contributed by atoms with Gasteiger partial charge < -0.3 is 9.80 Å². The molecule has 0 N–H and O–H groups in total. The molecule has 2 nitrogen and oxygen atoms in total. The summed E-state index contributed by atoms with van der Waals surface area (Å²) in [6.45, 7) is 6.95. The van der Waals surface area contributed by atoms with Crippen LogP contribution in [0.1, 0.15) is 20.3 Å². The molecule has 2 atom stereocenters. The third-order valence-electron chi connectivity index (χ3n) is 4.35. The summed E-state index contributed by atoms with van der Waals surface area (Å²) in [6, 6.07) is 8.85. The van der Waals surface area contributed by atoms with Crippen LogP contribution in [0.5, 0.6) is 0 Å². The van der Waals surface area contributed by atoms with Gasteiger partial charge in [0.05, 0.1) is 0 Å². The van der Waals surface area contributed by atoms with Gasteiger partial charge in [0.15, 0.2) is 0 Å². The van der Waals surface area contributed by atoms with Crippen molar-refractivity contribution in [2.45, 2.75) is 26.3 Å². The Balaban J connectivity index is 2.12. The summed E-state index contributed by atoms with van der Waals surface area (Å²) in [5.41, 5.74) is 1.29. The number of benzene rings is 1. The molecule has 0 spiro atoms. The van der Waals surface area contributed by atoms with E-state index in [4.69, 9.17) is 11.6 Å². The van der Waals surface area contributed by atoms with E-state index in [1.165, 1.54) is 12.1 Å². The Morgan fingerprint density at radius 2 is 1.84 bits per heavy atom. The van der Waals surface area contributed by atoms with Gasteiger partial charge in [-0.1, -0.05) is 25.4 Å². The Labute approximate surface area is 122 Å². The minimum absolute atomic E-state index is 0.629. The maximum absolute atomic E-state index is 5.97. The molecule has 0 saturated carbocycles. The number of hydrogen-bond donors (Lipinski definition) is 0. The summed E-state index contributed by atoms with van der Waals surface area (Å²) in [7, 11) is 4.40. The first kappa shape index (κ1) is 14.7. The van der Waals surface area contributed by atoms with Crippen LogP contribution in [0.4, 0.5) is 5.69 Å². The lowest BCUT2D eigenvalue weighted by Gasteiger charge is -2.44. The lowest BCUT2D eigenvalue weighted by molar-refractivity contribution is 0.145. The summed E-state index contributed by atoms with van der Waals surface area (Å²) in [5.74, 6) is 1.54. The minimum Gasteiger partial charge on any atom is -0.370 e. The Kier molecular flexibility index (Phi) is 4.75. The first-order chi connectivity index (χ1) is 8.99. The summed E-state index contributed by atoms with van der Waals surface area (Å²) in [6.07, 6.45) is 1.27. The summed E-state index contributed by atoms with van der Waals surface area (Å²) in [4.78, 5) is 4.87. The SMILES string of the molecule is CC(C)[C@H]1CCN(c2ccc(Cl)cc2)C[C@H]1N(C)C. The minimum atomic E-state index is 0.629. The molecule has 1 aromatic rings. The van der Waals surface area contributed by atoms with Crippen molar-refractivity contribution in [2.24, 2.45) is 11.8 Å². The van der Waals surface area contributed by atoms with Crippen molar-refractivity contribution >= 4 is 17.3 Å². The molecule has 106 valence electrons. The van der Waals surface area contributed by atoms with Crippen LogP contribution in [0.3, 0.4) is 0 Å². The fourth-order valence-corrected chi connectivity index (χ4v) is 3.29. The van der Waals surface area contributed by atoms with Gasteiger partial charge in [0, 0.05) is 29.8 Å². The molecule has 0 amide bonds. The summed E-state index contributed by atoms with van der Waals surface area (Å²) in [5, 5.41) is 0.810. The molecular formula is C16H25ClN2. The molecule has 0 bridgehead atoms. The molecule has 1 aliphatic rings. The van der Waals surface area contributed by atoms with E-state index < -0.39 is 0 Å². The predicted octanol–water partition coefficient (Wildman–Crippen LogP) is 3.75. The quantitative estimate of drug-likeness (QED) is 0.832. The number of piperidine rings is 1. The van der Waals surface area contributed by atoms with E-state index in [1.807, 2.05) is 12.1 Å². The van der Waals surface area contributed by atoms with Crippen molar-refractivity contribution in [3.05, 3.63) is 29.3 Å². The normalized spacial score (nSPS) is 24.3. The number of anilines is 1. The van der Waals surface area contributed by atoms with Crippen LogP contribution >= 0.6 is 11.6 Å². The van der Waals surface area contributed by atoms with Crippen LogP contribution in [0, 0.1) is 11.8 Å². The Bertz CT molecular complexity index is 400. The van der Waals surface area contributed by atoms with Gasteiger partial charge in [0.1, 0.15) is 0 Å². The average molecular weight is 281 g/mol. The third-order valence-corrected chi connectivity index (χ3v) is 4.60. The molecule has 0 radical (unpaired) electrons. The zero-order valence-electron chi connectivity index (χ0n) is 12.4. The Morgan fingerprint density at radius 3 is 2.37 bits per heavy atom. The van der Waals surface area contributed by atoms with Gasteiger partial charge in [-0.3, -0.25) is 0 Å². The smallest absolute Gasteiger partial charge is 0.0407 e. The fraction of sp³-hybridized carbons (Fsp3) is 0.625. The molecule has 3 heteroatoms. The predicted molar refractivity (Wildman–Crippen MR) is 84.1 cm³/mol. The second-order valence-electron chi connectivity index (χ2n) is 6.15. The Morgan fingerprint density at radius 1 is 1.21 bits per heavy atom. The molecule has 1 fully saturated rings. The first-order valence-electron chi connectivity index (χ1n) is 7.16. The van der Waals surface area contributed by atoms with Crippen molar-refractivity contribution in [3.8, 4) is 0 Å². The number of halogens is 1. The number of likely N-dealkylation sites (N-methyl/N-ethyl adjacent to an activating group) is 1. The lowest BCUT2D eigenvalue weighted by Crippen LogP contribution is -2.51. The van der Waals surface area contributed by atoms with E-state index in [0.29, 0.717) is 6.04 Å². The van der Waals surface area contributed by atoms with Gasteiger partial charge in [-0.2, -0.15) is 0 Å². The maximum atomic E-state index is 5.97. The summed E-state index contributed by atoms with van der Waals surface area (Å²) >= 11 is 5.97. The van der Waals surface area contributed by atoms with Crippen molar-refractivity contribution < 1.29 is 0 Å². The highest BCUT2D eigenvalue weighted by Crippen LogP contribution is 2.30. The molecule has 1 aliphatic heterocycles. The molecule has 1 saturated heterocycles. The van der Waals surface area contributed by atoms with Gasteiger partial charge in [-0.25, -0.2) is 0 Å². The zero-order valence-corrected chi connectivity index (χ0v) is 13.2. The van der Waals surface area contributed by atoms with Crippen molar-refractivity contribution in [3.63, 3.8) is 0 Å². The van der Waals surface area contributed by atoms with Crippen LogP contribution in [-0.4, -0.2) is 38.1 Å². The zero-order chi connectivity index (χ0) is 14.0. The average Bonchev–Trinajstić information content (AvgIpc) is 2.38. The molecular weight excluding hydrogens is 256 g/mol. The van der Waals surface area contributed by atoms with Gasteiger partial charge in [-0.05, 0) is 56.6 Å². The topological polar surface area (TPSA) is 6.48 Å². The highest BCUT2D eigenvalue weighted by molar-refractivity contribution is 6.30. The highest BCUT2D eigenvalue weighted by atomic mass is 35.5. The van der Waals surface area contributed by atoms with Gasteiger partial charge >= 0.3 is 0 Å². The highest BCUT2D eigenvalue weighted by Gasteiger charge is 2.32. The largest absolute Gasteiger partial charge is 0.370 e. The van der Waals surface area contributed by atoms with Crippen LogP contribution < -0.4 is 4.90 Å². The van der Waals surface area contributed by atoms with Crippen LogP contribution in [0.25, 0.3) is 0 Å². The maximum Gasteiger partial charge on any atom is 0.0407 e. The van der Waals surface area contributed by atoms with E-state index in [-0.39, 0.29) is 0 Å². The number of rotatable bonds is 3. The van der Waals surface area contributed by atoms with E-state index in [0.717, 1.165) is 29.9 Å². The van der Waals surface area contributed by atoms with E-state index in [9.17, 15) is 0 Å². The molecule has 19 heavy (non-hydrogen) atoms. The second-order valence-corrected chi connectivity index (χ2v) is 6.59.